The van der Waals surface area contributed by atoms with Gasteiger partial charge in [0.2, 0.25) is 5.75 Å². The van der Waals surface area contributed by atoms with E-state index in [0.717, 1.165) is 5.56 Å². The van der Waals surface area contributed by atoms with Crippen LogP contribution in [0.2, 0.25) is 0 Å². The normalized spacial score (nSPS) is 11.8. The van der Waals surface area contributed by atoms with Crippen molar-refractivity contribution in [2.75, 3.05) is 27.9 Å². The largest absolute Gasteiger partial charge is 0.490 e. The van der Waals surface area contributed by atoms with Crippen molar-refractivity contribution in [1.29, 1.82) is 0 Å². The number of aliphatic hydroxyl groups excluding tert-OH is 1. The molecule has 1 heterocycles. The first-order chi connectivity index (χ1) is 11.7. The molecule has 130 valence electrons. The van der Waals surface area contributed by atoms with Crippen LogP contribution in [0.5, 0.6) is 17.6 Å². The molecule has 0 aliphatic heterocycles. The van der Waals surface area contributed by atoms with Crippen LogP contribution in [0.4, 0.5) is 0 Å². The van der Waals surface area contributed by atoms with E-state index >= 15 is 0 Å². The molecule has 0 spiro atoms. The van der Waals surface area contributed by atoms with Gasteiger partial charge in [-0.15, -0.1) is 0 Å². The molecule has 0 saturated carbocycles. The SMILES string of the molecule is COc1nc(CC(O)COCc2ccccc2)c(OC)c(OC)n1. The second-order valence-corrected chi connectivity index (χ2v) is 5.06. The molecule has 0 aliphatic rings. The molecular formula is C17H22N2O5. The lowest BCUT2D eigenvalue weighted by Gasteiger charge is -2.15. The quantitative estimate of drug-likeness (QED) is 0.746. The van der Waals surface area contributed by atoms with Gasteiger partial charge in [0.1, 0.15) is 0 Å². The van der Waals surface area contributed by atoms with Gasteiger partial charge in [-0.25, -0.2) is 0 Å². The maximum absolute atomic E-state index is 10.2. The van der Waals surface area contributed by atoms with E-state index < -0.39 is 6.10 Å². The Balaban J connectivity index is 1.98. The van der Waals surface area contributed by atoms with Crippen molar-refractivity contribution in [2.45, 2.75) is 19.1 Å². The summed E-state index contributed by atoms with van der Waals surface area (Å²) in [6.07, 6.45) is -0.514. The molecule has 7 heteroatoms. The second kappa shape index (κ2) is 9.05. The highest BCUT2D eigenvalue weighted by molar-refractivity contribution is 5.39. The number of nitrogens with zero attached hydrogens (tertiary/aromatic N) is 2. The van der Waals surface area contributed by atoms with Gasteiger partial charge in [-0.1, -0.05) is 30.3 Å². The first-order valence-electron chi connectivity index (χ1n) is 7.50. The summed E-state index contributed by atoms with van der Waals surface area (Å²) >= 11 is 0. The van der Waals surface area contributed by atoms with Crippen LogP contribution in [0, 0.1) is 0 Å². The average Bonchev–Trinajstić information content (AvgIpc) is 2.61. The topological polar surface area (TPSA) is 82.9 Å². The summed E-state index contributed by atoms with van der Waals surface area (Å²) in [4.78, 5) is 8.28. The second-order valence-electron chi connectivity index (χ2n) is 5.06. The summed E-state index contributed by atoms with van der Waals surface area (Å²) < 4.78 is 21.0. The van der Waals surface area contributed by atoms with Gasteiger partial charge in [0, 0.05) is 6.42 Å². The third-order valence-electron chi connectivity index (χ3n) is 3.31. The van der Waals surface area contributed by atoms with Crippen LogP contribution >= 0.6 is 0 Å². The molecule has 2 rings (SSSR count). The van der Waals surface area contributed by atoms with E-state index in [9.17, 15) is 5.11 Å². The number of ether oxygens (including phenoxy) is 4. The third-order valence-corrected chi connectivity index (χ3v) is 3.31. The van der Waals surface area contributed by atoms with Crippen molar-refractivity contribution in [3.05, 3.63) is 41.6 Å². The summed E-state index contributed by atoms with van der Waals surface area (Å²) in [6.45, 7) is 0.609. The minimum Gasteiger partial charge on any atom is -0.490 e. The number of methoxy groups -OCH3 is 3. The predicted molar refractivity (Wildman–Crippen MR) is 87.5 cm³/mol. The van der Waals surface area contributed by atoms with Crippen LogP contribution in [-0.4, -0.2) is 49.1 Å². The van der Waals surface area contributed by atoms with Crippen molar-refractivity contribution in [3.8, 4) is 17.6 Å². The van der Waals surface area contributed by atoms with E-state index in [4.69, 9.17) is 18.9 Å². The zero-order valence-corrected chi connectivity index (χ0v) is 14.1. The number of aromatic nitrogens is 2. The zero-order chi connectivity index (χ0) is 17.4. The Morgan fingerprint density at radius 3 is 2.38 bits per heavy atom. The Morgan fingerprint density at radius 1 is 1.00 bits per heavy atom. The highest BCUT2D eigenvalue weighted by Gasteiger charge is 2.19. The summed E-state index contributed by atoms with van der Waals surface area (Å²) in [7, 11) is 4.44. The molecular weight excluding hydrogens is 312 g/mol. The monoisotopic (exact) mass is 334 g/mol. The van der Waals surface area contributed by atoms with Crippen molar-refractivity contribution in [2.24, 2.45) is 0 Å². The third kappa shape index (κ3) is 4.81. The maximum atomic E-state index is 10.2. The molecule has 0 aliphatic carbocycles. The average molecular weight is 334 g/mol. The molecule has 2 aromatic rings. The molecule has 7 nitrogen and oxygen atoms in total. The molecule has 1 aromatic carbocycles. The first kappa shape index (κ1) is 18.0. The molecule has 1 unspecified atom stereocenters. The van der Waals surface area contributed by atoms with Crippen LogP contribution in [0.3, 0.4) is 0 Å². The van der Waals surface area contributed by atoms with Gasteiger partial charge >= 0.3 is 6.01 Å². The minimum atomic E-state index is -0.744. The van der Waals surface area contributed by atoms with Gasteiger partial charge in [-0.05, 0) is 5.56 Å². The molecule has 0 amide bonds. The van der Waals surface area contributed by atoms with E-state index in [1.807, 2.05) is 30.3 Å². The van der Waals surface area contributed by atoms with Gasteiger partial charge in [-0.3, -0.25) is 0 Å². The summed E-state index contributed by atoms with van der Waals surface area (Å²) in [5.41, 5.74) is 1.55. The van der Waals surface area contributed by atoms with Crippen LogP contribution in [0.15, 0.2) is 30.3 Å². The molecule has 0 radical (unpaired) electrons. The predicted octanol–water partition coefficient (Wildman–Crippen LogP) is 1.62. The van der Waals surface area contributed by atoms with Gasteiger partial charge in [0.15, 0.2) is 0 Å². The highest BCUT2D eigenvalue weighted by atomic mass is 16.5. The number of hydrogen-bond acceptors (Lipinski definition) is 7. The molecule has 0 bridgehead atoms. The lowest BCUT2D eigenvalue weighted by atomic mass is 10.2. The van der Waals surface area contributed by atoms with Crippen molar-refractivity contribution >= 4 is 0 Å². The van der Waals surface area contributed by atoms with Gasteiger partial charge in [-0.2, -0.15) is 9.97 Å². The number of benzene rings is 1. The van der Waals surface area contributed by atoms with Crippen molar-refractivity contribution < 1.29 is 24.1 Å². The summed E-state index contributed by atoms with van der Waals surface area (Å²) in [6, 6.07) is 9.92. The van der Waals surface area contributed by atoms with Crippen LogP contribution in [-0.2, 0) is 17.8 Å². The lowest BCUT2D eigenvalue weighted by molar-refractivity contribution is 0.0280. The molecule has 0 fully saturated rings. The summed E-state index contributed by atoms with van der Waals surface area (Å²) in [5, 5.41) is 10.2. The number of hydrogen-bond donors (Lipinski definition) is 1. The van der Waals surface area contributed by atoms with Crippen LogP contribution < -0.4 is 14.2 Å². The van der Waals surface area contributed by atoms with Crippen molar-refractivity contribution in [1.82, 2.24) is 9.97 Å². The van der Waals surface area contributed by atoms with E-state index in [0.29, 0.717) is 18.1 Å². The smallest absolute Gasteiger partial charge is 0.319 e. The lowest BCUT2D eigenvalue weighted by Crippen LogP contribution is -2.20. The van der Waals surface area contributed by atoms with Gasteiger partial charge < -0.3 is 24.1 Å². The standard InChI is InChI=1S/C17H22N2O5/c1-21-15-14(18-17(23-3)19-16(15)22-2)9-13(20)11-24-10-12-7-5-4-6-8-12/h4-8,13,20H,9-11H2,1-3H3. The maximum Gasteiger partial charge on any atom is 0.319 e. The summed E-state index contributed by atoms with van der Waals surface area (Å²) in [5.74, 6) is 0.636. The highest BCUT2D eigenvalue weighted by Crippen LogP contribution is 2.30. The van der Waals surface area contributed by atoms with E-state index in [2.05, 4.69) is 9.97 Å². The fourth-order valence-electron chi connectivity index (χ4n) is 2.19. The molecule has 1 N–H and O–H groups in total. The van der Waals surface area contributed by atoms with E-state index in [1.54, 1.807) is 0 Å². The Hall–Kier alpha value is -2.38. The number of rotatable bonds is 9. The molecule has 0 saturated heterocycles. The fourth-order valence-corrected chi connectivity index (χ4v) is 2.19. The fraction of sp³-hybridized carbons (Fsp3) is 0.412. The molecule has 1 aromatic heterocycles. The van der Waals surface area contributed by atoms with Crippen LogP contribution in [0.25, 0.3) is 0 Å². The zero-order valence-electron chi connectivity index (χ0n) is 14.1. The Bertz CT molecular complexity index is 636. The molecule has 24 heavy (non-hydrogen) atoms. The van der Waals surface area contributed by atoms with Gasteiger partial charge in [0.05, 0.1) is 46.3 Å². The minimum absolute atomic E-state index is 0.153. The number of aliphatic hydroxyl groups is 1. The Labute approximate surface area is 141 Å². The van der Waals surface area contributed by atoms with Gasteiger partial charge in [0.25, 0.3) is 5.88 Å². The Kier molecular flexibility index (Phi) is 6.77. The van der Waals surface area contributed by atoms with E-state index in [1.165, 1.54) is 21.3 Å². The van der Waals surface area contributed by atoms with Crippen LogP contribution in [0.1, 0.15) is 11.3 Å². The van der Waals surface area contributed by atoms with Crippen molar-refractivity contribution in [3.63, 3.8) is 0 Å². The molecule has 1 atom stereocenters. The Morgan fingerprint density at radius 2 is 1.75 bits per heavy atom. The first-order valence-corrected chi connectivity index (χ1v) is 7.50. The van der Waals surface area contributed by atoms with E-state index in [-0.39, 0.29) is 24.9 Å².